The molecule has 2 fully saturated rings. The molecule has 0 aromatic heterocycles. The molecule has 3 aliphatic heterocycles. The number of alkyl halides is 1. The Balaban J connectivity index is 1.50. The van der Waals surface area contributed by atoms with Crippen LogP contribution in [0.3, 0.4) is 0 Å². The van der Waals surface area contributed by atoms with Crippen molar-refractivity contribution < 1.29 is 18.8 Å². The topological polar surface area (TPSA) is 95.7 Å². The van der Waals surface area contributed by atoms with Crippen molar-refractivity contribution in [2.45, 2.75) is 50.6 Å². The van der Waals surface area contributed by atoms with Crippen LogP contribution in [0.5, 0.6) is 0 Å². The zero-order valence-corrected chi connectivity index (χ0v) is 15.0. The molecule has 0 bridgehead atoms. The largest absolute Gasteiger partial charge is 0.329 e. The van der Waals surface area contributed by atoms with Gasteiger partial charge in [0, 0.05) is 44.2 Å². The number of nitrogens with zero attached hydrogens (tertiary/aromatic N) is 2. The number of hydrogen-bond donors (Lipinski definition) is 2. The summed E-state index contributed by atoms with van der Waals surface area (Å²) in [6.45, 7) is 1.67. The Bertz CT molecular complexity index is 799. The summed E-state index contributed by atoms with van der Waals surface area (Å²) in [6, 6.07) is 5.08. The maximum atomic E-state index is 13.7. The first kappa shape index (κ1) is 18.1. The van der Waals surface area contributed by atoms with Gasteiger partial charge in [0.2, 0.25) is 11.8 Å². The summed E-state index contributed by atoms with van der Waals surface area (Å²) in [7, 11) is 0. The summed E-state index contributed by atoms with van der Waals surface area (Å²) in [4.78, 5) is 39.9. The van der Waals surface area contributed by atoms with Crippen molar-refractivity contribution in [1.82, 2.24) is 15.1 Å². The summed E-state index contributed by atoms with van der Waals surface area (Å²) in [5, 5.41) is 2.30. The Morgan fingerprint density at radius 1 is 1.26 bits per heavy atom. The van der Waals surface area contributed by atoms with E-state index in [9.17, 15) is 18.8 Å². The molecular formula is C19H23FN4O3. The number of likely N-dealkylation sites (tertiary alicyclic amines) is 1. The quantitative estimate of drug-likeness (QED) is 0.740. The van der Waals surface area contributed by atoms with E-state index in [1.165, 1.54) is 4.90 Å². The highest BCUT2D eigenvalue weighted by atomic mass is 19.1. The first-order chi connectivity index (χ1) is 13.0. The molecule has 3 N–H and O–H groups in total. The van der Waals surface area contributed by atoms with Crippen LogP contribution in [0.25, 0.3) is 0 Å². The number of nitrogens with two attached hydrogens (primary N) is 1. The number of hydrogen-bond acceptors (Lipinski definition) is 5. The number of amides is 3. The monoisotopic (exact) mass is 374 g/mol. The van der Waals surface area contributed by atoms with Crippen LogP contribution in [0.15, 0.2) is 18.2 Å². The van der Waals surface area contributed by atoms with Crippen LogP contribution < -0.4 is 11.1 Å². The molecule has 3 atom stereocenters. The second-order valence-electron chi connectivity index (χ2n) is 7.54. The van der Waals surface area contributed by atoms with Gasteiger partial charge in [-0.15, -0.1) is 0 Å². The van der Waals surface area contributed by atoms with Gasteiger partial charge in [0.15, 0.2) is 0 Å². The molecule has 27 heavy (non-hydrogen) atoms. The third kappa shape index (κ3) is 3.35. The average molecular weight is 374 g/mol. The fraction of sp³-hybridized carbons (Fsp3) is 0.526. The van der Waals surface area contributed by atoms with Gasteiger partial charge in [-0.1, -0.05) is 12.1 Å². The van der Waals surface area contributed by atoms with E-state index in [4.69, 9.17) is 5.73 Å². The molecule has 3 heterocycles. The van der Waals surface area contributed by atoms with Crippen LogP contribution in [0, 0.1) is 0 Å². The van der Waals surface area contributed by atoms with Crippen molar-refractivity contribution in [3.63, 3.8) is 0 Å². The maximum absolute atomic E-state index is 13.7. The van der Waals surface area contributed by atoms with Gasteiger partial charge in [0.05, 0.1) is 0 Å². The fourth-order valence-electron chi connectivity index (χ4n) is 4.30. The van der Waals surface area contributed by atoms with Gasteiger partial charge >= 0.3 is 0 Å². The normalized spacial score (nSPS) is 28.6. The number of nitrogens with one attached hydrogen (secondary N) is 1. The Labute approximate surface area is 156 Å². The zero-order chi connectivity index (χ0) is 19.1. The molecule has 8 heteroatoms. The Morgan fingerprint density at radius 2 is 2.07 bits per heavy atom. The van der Waals surface area contributed by atoms with Crippen LogP contribution in [0.4, 0.5) is 4.39 Å². The van der Waals surface area contributed by atoms with Crippen LogP contribution in [-0.4, -0.2) is 58.9 Å². The average Bonchev–Trinajstić information content (AvgIpc) is 3.15. The van der Waals surface area contributed by atoms with E-state index in [2.05, 4.69) is 5.32 Å². The van der Waals surface area contributed by atoms with E-state index >= 15 is 0 Å². The van der Waals surface area contributed by atoms with Gasteiger partial charge in [-0.2, -0.15) is 0 Å². The number of rotatable bonds is 4. The maximum Gasteiger partial charge on any atom is 0.255 e. The predicted octanol–water partition coefficient (Wildman–Crippen LogP) is 0.319. The van der Waals surface area contributed by atoms with E-state index in [0.717, 1.165) is 11.1 Å². The molecule has 0 aliphatic carbocycles. The lowest BCUT2D eigenvalue weighted by Crippen LogP contribution is -2.52. The first-order valence-corrected chi connectivity index (χ1v) is 9.31. The van der Waals surface area contributed by atoms with Crippen LogP contribution in [0.1, 0.15) is 40.7 Å². The van der Waals surface area contributed by atoms with Gasteiger partial charge in [-0.3, -0.25) is 24.6 Å². The van der Waals surface area contributed by atoms with Crippen LogP contribution in [-0.2, 0) is 22.7 Å². The smallest absolute Gasteiger partial charge is 0.255 e. The molecule has 1 aromatic carbocycles. The lowest BCUT2D eigenvalue weighted by Gasteiger charge is -2.29. The predicted molar refractivity (Wildman–Crippen MR) is 95.3 cm³/mol. The highest BCUT2D eigenvalue weighted by Gasteiger charge is 2.39. The van der Waals surface area contributed by atoms with Crippen LogP contribution in [0.2, 0.25) is 0 Å². The Morgan fingerprint density at radius 3 is 2.81 bits per heavy atom. The SMILES string of the molecule is NC[C@@H]1C[C@H](F)CN1Cc1ccc2c(c1)C(=O)N(C1CCC(=O)NC1=O)C2. The molecule has 0 saturated carbocycles. The lowest BCUT2D eigenvalue weighted by atomic mass is 10.0. The zero-order valence-electron chi connectivity index (χ0n) is 15.0. The van der Waals surface area contributed by atoms with Gasteiger partial charge in [-0.25, -0.2) is 4.39 Å². The standard InChI is InChI=1S/C19H23FN4O3/c20-13-6-14(7-21)23(10-13)8-11-1-2-12-9-24(19(27)15(12)5-11)16-3-4-17(25)22-18(16)26/h1-2,5,13-14,16H,3-4,6-10,21H2,(H,22,25,26)/t13-,14-,16?/m0/s1. The van der Waals surface area contributed by atoms with Crippen molar-refractivity contribution in [1.29, 1.82) is 0 Å². The number of carbonyl (C=O) groups is 3. The number of piperidine rings is 1. The minimum atomic E-state index is -0.863. The highest BCUT2D eigenvalue weighted by Crippen LogP contribution is 2.29. The molecule has 7 nitrogen and oxygen atoms in total. The minimum Gasteiger partial charge on any atom is -0.329 e. The number of imide groups is 1. The molecule has 3 aliphatic rings. The van der Waals surface area contributed by atoms with Crippen molar-refractivity contribution in [3.8, 4) is 0 Å². The molecule has 1 unspecified atom stereocenters. The number of carbonyl (C=O) groups excluding carboxylic acids is 3. The van der Waals surface area contributed by atoms with E-state index < -0.39 is 18.1 Å². The van der Waals surface area contributed by atoms with Crippen LogP contribution >= 0.6 is 0 Å². The molecule has 0 spiro atoms. The Hall–Kier alpha value is -2.32. The summed E-state index contributed by atoms with van der Waals surface area (Å²) in [5.41, 5.74) is 8.13. The molecule has 0 radical (unpaired) electrons. The molecule has 3 amide bonds. The number of halogens is 1. The van der Waals surface area contributed by atoms with Gasteiger partial charge in [0.25, 0.3) is 5.91 Å². The van der Waals surface area contributed by atoms with E-state index in [1.807, 2.05) is 23.1 Å². The first-order valence-electron chi connectivity index (χ1n) is 9.31. The third-order valence-corrected chi connectivity index (χ3v) is 5.73. The molecule has 2 saturated heterocycles. The van der Waals surface area contributed by atoms with Gasteiger partial charge in [0.1, 0.15) is 12.2 Å². The summed E-state index contributed by atoms with van der Waals surface area (Å²) in [5.74, 6) is -0.903. The number of benzene rings is 1. The minimum absolute atomic E-state index is 0.0175. The second-order valence-corrected chi connectivity index (χ2v) is 7.54. The lowest BCUT2D eigenvalue weighted by molar-refractivity contribution is -0.136. The third-order valence-electron chi connectivity index (χ3n) is 5.73. The highest BCUT2D eigenvalue weighted by molar-refractivity contribution is 6.05. The second kappa shape index (κ2) is 7.01. The van der Waals surface area contributed by atoms with Crippen molar-refractivity contribution in [2.75, 3.05) is 13.1 Å². The molecule has 1 aromatic rings. The molecular weight excluding hydrogens is 351 g/mol. The van der Waals surface area contributed by atoms with Gasteiger partial charge in [-0.05, 0) is 30.0 Å². The molecule has 144 valence electrons. The summed E-state index contributed by atoms with van der Waals surface area (Å²) < 4.78 is 13.7. The van der Waals surface area contributed by atoms with E-state index in [1.54, 1.807) is 0 Å². The fourth-order valence-corrected chi connectivity index (χ4v) is 4.30. The van der Waals surface area contributed by atoms with Crippen molar-refractivity contribution >= 4 is 17.7 Å². The van der Waals surface area contributed by atoms with Gasteiger partial charge < -0.3 is 10.6 Å². The summed E-state index contributed by atoms with van der Waals surface area (Å²) in [6.07, 6.45) is 0.171. The van der Waals surface area contributed by atoms with E-state index in [0.29, 0.717) is 44.6 Å². The Kier molecular flexibility index (Phi) is 4.69. The molecule has 4 rings (SSSR count). The van der Waals surface area contributed by atoms with E-state index in [-0.39, 0.29) is 24.3 Å². The summed E-state index contributed by atoms with van der Waals surface area (Å²) >= 11 is 0. The number of fused-ring (bicyclic) bond motifs is 1. The van der Waals surface area contributed by atoms with Crippen molar-refractivity contribution in [3.05, 3.63) is 34.9 Å². The van der Waals surface area contributed by atoms with Crippen molar-refractivity contribution in [2.24, 2.45) is 5.73 Å².